The molecule has 5 nitrogen and oxygen atoms in total. The molecule has 2 aromatic rings. The van der Waals surface area contributed by atoms with Crippen LogP contribution in [0.1, 0.15) is 21.8 Å². The standard InChI is InChI=1S/C12H10BrFN2O3/c1-6-4-7(16-19-6)5-15-9-3-2-8(12(17)18)10(13)11(9)14/h2-4,15H,5H2,1H3,(H,17,18). The topological polar surface area (TPSA) is 75.4 Å². The van der Waals surface area contributed by atoms with Crippen LogP contribution in [0, 0.1) is 12.7 Å². The van der Waals surface area contributed by atoms with Gasteiger partial charge in [-0.2, -0.15) is 0 Å². The van der Waals surface area contributed by atoms with Crippen LogP contribution in [0.5, 0.6) is 0 Å². The first kappa shape index (κ1) is 13.5. The summed E-state index contributed by atoms with van der Waals surface area (Å²) < 4.78 is 18.7. The third-order valence-corrected chi connectivity index (χ3v) is 3.22. The van der Waals surface area contributed by atoms with Gasteiger partial charge < -0.3 is 14.9 Å². The third kappa shape index (κ3) is 2.93. The van der Waals surface area contributed by atoms with Gasteiger partial charge >= 0.3 is 5.97 Å². The summed E-state index contributed by atoms with van der Waals surface area (Å²) >= 11 is 2.93. The van der Waals surface area contributed by atoms with E-state index in [4.69, 9.17) is 9.63 Å². The lowest BCUT2D eigenvalue weighted by Gasteiger charge is -2.08. The molecule has 2 rings (SSSR count). The van der Waals surface area contributed by atoms with Crippen molar-refractivity contribution in [2.24, 2.45) is 0 Å². The Morgan fingerprint density at radius 3 is 2.89 bits per heavy atom. The fourth-order valence-electron chi connectivity index (χ4n) is 1.54. The van der Waals surface area contributed by atoms with Crippen LogP contribution in [0.25, 0.3) is 0 Å². The minimum atomic E-state index is -1.19. The van der Waals surface area contributed by atoms with E-state index >= 15 is 0 Å². The first-order chi connectivity index (χ1) is 8.99. The highest BCUT2D eigenvalue weighted by molar-refractivity contribution is 9.10. The quantitative estimate of drug-likeness (QED) is 0.901. The van der Waals surface area contributed by atoms with Crippen LogP contribution >= 0.6 is 15.9 Å². The van der Waals surface area contributed by atoms with Gasteiger partial charge in [0.15, 0.2) is 5.82 Å². The molecule has 0 aliphatic heterocycles. The molecule has 0 bridgehead atoms. The molecular formula is C12H10BrFN2O3. The number of rotatable bonds is 4. The number of nitrogens with zero attached hydrogens (tertiary/aromatic N) is 1. The number of halogens is 2. The lowest BCUT2D eigenvalue weighted by atomic mass is 10.2. The Labute approximate surface area is 116 Å². The molecule has 19 heavy (non-hydrogen) atoms. The van der Waals surface area contributed by atoms with E-state index in [9.17, 15) is 9.18 Å². The summed E-state index contributed by atoms with van der Waals surface area (Å²) in [6, 6.07) is 4.42. The van der Waals surface area contributed by atoms with Crippen LogP contribution in [0.15, 0.2) is 27.2 Å². The number of anilines is 1. The number of aromatic carboxylic acids is 1. The van der Waals surface area contributed by atoms with E-state index in [1.807, 2.05) is 0 Å². The van der Waals surface area contributed by atoms with Gasteiger partial charge in [-0.25, -0.2) is 9.18 Å². The van der Waals surface area contributed by atoms with Crippen molar-refractivity contribution in [2.75, 3.05) is 5.32 Å². The van der Waals surface area contributed by atoms with Gasteiger partial charge in [-0.15, -0.1) is 0 Å². The molecule has 1 heterocycles. The number of aryl methyl sites for hydroxylation is 1. The highest BCUT2D eigenvalue weighted by atomic mass is 79.9. The van der Waals surface area contributed by atoms with Gasteiger partial charge in [-0.3, -0.25) is 0 Å². The van der Waals surface area contributed by atoms with E-state index in [1.54, 1.807) is 13.0 Å². The zero-order chi connectivity index (χ0) is 14.0. The van der Waals surface area contributed by atoms with Crippen molar-refractivity contribution in [3.8, 4) is 0 Å². The minimum Gasteiger partial charge on any atom is -0.478 e. The number of carboxylic acid groups (broad SMARTS) is 1. The zero-order valence-corrected chi connectivity index (χ0v) is 11.5. The molecular weight excluding hydrogens is 319 g/mol. The van der Waals surface area contributed by atoms with E-state index in [0.717, 1.165) is 0 Å². The Bertz CT molecular complexity index is 627. The second-order valence-electron chi connectivity index (χ2n) is 3.88. The number of aromatic nitrogens is 1. The Hall–Kier alpha value is -1.89. The summed E-state index contributed by atoms with van der Waals surface area (Å²) in [5.41, 5.74) is 0.702. The molecule has 0 spiro atoms. The van der Waals surface area contributed by atoms with Gasteiger partial charge in [0.05, 0.1) is 22.3 Å². The molecule has 2 N–H and O–H groups in total. The van der Waals surface area contributed by atoms with Crippen LogP contribution in [0.2, 0.25) is 0 Å². The Morgan fingerprint density at radius 1 is 1.58 bits per heavy atom. The van der Waals surface area contributed by atoms with Crippen LogP contribution in [-0.4, -0.2) is 16.2 Å². The first-order valence-corrected chi connectivity index (χ1v) is 6.15. The van der Waals surface area contributed by atoms with Crippen molar-refractivity contribution >= 4 is 27.6 Å². The summed E-state index contributed by atoms with van der Waals surface area (Å²) in [7, 11) is 0. The molecule has 7 heteroatoms. The van der Waals surface area contributed by atoms with E-state index in [0.29, 0.717) is 11.5 Å². The van der Waals surface area contributed by atoms with Gasteiger partial charge in [0.2, 0.25) is 0 Å². The maximum absolute atomic E-state index is 13.9. The van der Waals surface area contributed by atoms with Crippen molar-refractivity contribution in [1.82, 2.24) is 5.16 Å². The largest absolute Gasteiger partial charge is 0.478 e. The summed E-state index contributed by atoms with van der Waals surface area (Å²) in [6.45, 7) is 2.04. The average molecular weight is 329 g/mol. The van der Waals surface area contributed by atoms with Crippen molar-refractivity contribution in [1.29, 1.82) is 0 Å². The van der Waals surface area contributed by atoms with Gasteiger partial charge in [-0.05, 0) is 35.0 Å². The molecule has 1 aromatic carbocycles. The molecule has 0 aliphatic carbocycles. The number of benzene rings is 1. The van der Waals surface area contributed by atoms with Crippen molar-refractivity contribution < 1.29 is 18.8 Å². The number of hydrogen-bond donors (Lipinski definition) is 2. The predicted molar refractivity (Wildman–Crippen MR) is 69.6 cm³/mol. The molecule has 0 amide bonds. The number of carbonyl (C=O) groups is 1. The van der Waals surface area contributed by atoms with Gasteiger partial charge in [-0.1, -0.05) is 5.16 Å². The molecule has 0 fully saturated rings. The fourth-order valence-corrected chi connectivity index (χ4v) is 2.05. The highest BCUT2D eigenvalue weighted by Crippen LogP contribution is 2.27. The number of nitrogens with one attached hydrogen (secondary N) is 1. The van der Waals surface area contributed by atoms with Crippen LogP contribution in [-0.2, 0) is 6.54 Å². The molecule has 0 aliphatic rings. The lowest BCUT2D eigenvalue weighted by Crippen LogP contribution is -2.05. The van der Waals surface area contributed by atoms with E-state index in [2.05, 4.69) is 26.4 Å². The van der Waals surface area contributed by atoms with E-state index in [-0.39, 0.29) is 22.3 Å². The summed E-state index contributed by atoms with van der Waals surface area (Å²) in [4.78, 5) is 10.8. The molecule has 0 unspecified atom stereocenters. The normalized spacial score (nSPS) is 10.5. The Kier molecular flexibility index (Phi) is 3.84. The second kappa shape index (κ2) is 5.40. The van der Waals surface area contributed by atoms with Gasteiger partial charge in [0.1, 0.15) is 11.5 Å². The molecule has 0 saturated heterocycles. The Morgan fingerprint density at radius 2 is 2.32 bits per heavy atom. The molecule has 0 atom stereocenters. The summed E-state index contributed by atoms with van der Waals surface area (Å²) in [6.07, 6.45) is 0. The number of hydrogen-bond acceptors (Lipinski definition) is 4. The molecule has 1 aromatic heterocycles. The molecule has 0 radical (unpaired) electrons. The van der Waals surface area contributed by atoms with E-state index < -0.39 is 11.8 Å². The minimum absolute atomic E-state index is 0.0821. The Balaban J connectivity index is 2.17. The smallest absolute Gasteiger partial charge is 0.336 e. The van der Waals surface area contributed by atoms with Crippen molar-refractivity contribution in [2.45, 2.75) is 13.5 Å². The lowest BCUT2D eigenvalue weighted by molar-refractivity contribution is 0.0695. The predicted octanol–water partition coefficient (Wildman–Crippen LogP) is 3.19. The van der Waals surface area contributed by atoms with Crippen molar-refractivity contribution in [3.05, 3.63) is 45.5 Å². The van der Waals surface area contributed by atoms with E-state index in [1.165, 1.54) is 12.1 Å². The highest BCUT2D eigenvalue weighted by Gasteiger charge is 2.15. The third-order valence-electron chi connectivity index (χ3n) is 2.45. The molecule has 100 valence electrons. The van der Waals surface area contributed by atoms with Crippen molar-refractivity contribution in [3.63, 3.8) is 0 Å². The first-order valence-electron chi connectivity index (χ1n) is 5.36. The maximum Gasteiger partial charge on any atom is 0.336 e. The van der Waals surface area contributed by atoms with Crippen LogP contribution < -0.4 is 5.32 Å². The average Bonchev–Trinajstić information content (AvgIpc) is 2.76. The SMILES string of the molecule is Cc1cc(CNc2ccc(C(=O)O)c(Br)c2F)no1. The second-order valence-corrected chi connectivity index (χ2v) is 4.67. The number of carboxylic acids is 1. The zero-order valence-electron chi connectivity index (χ0n) is 9.91. The maximum atomic E-state index is 13.9. The van der Waals surface area contributed by atoms with Gasteiger partial charge in [0, 0.05) is 6.07 Å². The van der Waals surface area contributed by atoms with Gasteiger partial charge in [0.25, 0.3) is 0 Å². The fraction of sp³-hybridized carbons (Fsp3) is 0.167. The summed E-state index contributed by atoms with van der Waals surface area (Å²) in [5.74, 6) is -1.18. The summed E-state index contributed by atoms with van der Waals surface area (Å²) in [5, 5.41) is 15.4. The van der Waals surface area contributed by atoms with Crippen LogP contribution in [0.3, 0.4) is 0 Å². The molecule has 0 saturated carbocycles. The monoisotopic (exact) mass is 328 g/mol. The van der Waals surface area contributed by atoms with Crippen LogP contribution in [0.4, 0.5) is 10.1 Å².